The number of nitrogens with one attached hydrogen (secondary N) is 3. The van der Waals surface area contributed by atoms with Gasteiger partial charge in [-0.3, -0.25) is 4.79 Å². The van der Waals surface area contributed by atoms with Gasteiger partial charge in [0.1, 0.15) is 5.69 Å². The van der Waals surface area contributed by atoms with Gasteiger partial charge >= 0.3 is 0 Å². The Morgan fingerprint density at radius 2 is 2.00 bits per heavy atom. The summed E-state index contributed by atoms with van der Waals surface area (Å²) in [5.41, 5.74) is 0.513. The molecule has 0 saturated heterocycles. The van der Waals surface area contributed by atoms with Crippen molar-refractivity contribution in [3.8, 4) is 0 Å². The van der Waals surface area contributed by atoms with Crippen molar-refractivity contribution >= 4 is 17.5 Å². The Hall–Kier alpha value is -1.00. The highest BCUT2D eigenvalue weighted by Gasteiger charge is 2.11. The van der Waals surface area contributed by atoms with Gasteiger partial charge in [0.05, 0.1) is 5.02 Å². The van der Waals surface area contributed by atoms with Crippen LogP contribution in [0.15, 0.2) is 12.3 Å². The molecule has 1 aromatic heterocycles. The smallest absolute Gasteiger partial charge is 0.267 e. The molecule has 1 amide bonds. The Labute approximate surface area is 119 Å². The highest BCUT2D eigenvalue weighted by atomic mass is 35.5. The van der Waals surface area contributed by atoms with Gasteiger partial charge in [-0.1, -0.05) is 37.3 Å². The van der Waals surface area contributed by atoms with Crippen molar-refractivity contribution < 1.29 is 4.79 Å². The molecule has 0 radical (unpaired) electrons. The summed E-state index contributed by atoms with van der Waals surface area (Å²) in [5.74, 6) is -0.102. The minimum absolute atomic E-state index is 0.102. The molecule has 1 aliphatic rings. The molecule has 1 saturated carbocycles. The van der Waals surface area contributed by atoms with Crippen LogP contribution in [0.3, 0.4) is 0 Å². The molecule has 19 heavy (non-hydrogen) atoms. The van der Waals surface area contributed by atoms with E-state index in [1.165, 1.54) is 38.5 Å². The van der Waals surface area contributed by atoms with Crippen molar-refractivity contribution in [3.05, 3.63) is 23.0 Å². The van der Waals surface area contributed by atoms with E-state index in [4.69, 9.17) is 11.6 Å². The number of aromatic nitrogens is 1. The van der Waals surface area contributed by atoms with Crippen LogP contribution >= 0.6 is 11.6 Å². The minimum atomic E-state index is -0.102. The maximum atomic E-state index is 11.7. The molecule has 3 N–H and O–H groups in total. The summed E-state index contributed by atoms with van der Waals surface area (Å²) in [6.45, 7) is 1.47. The molecule has 0 aliphatic heterocycles. The summed E-state index contributed by atoms with van der Waals surface area (Å²) in [6.07, 6.45) is 9.52. The highest BCUT2D eigenvalue weighted by molar-refractivity contribution is 6.30. The van der Waals surface area contributed by atoms with Gasteiger partial charge in [-0.15, -0.1) is 0 Å². The summed E-state index contributed by atoms with van der Waals surface area (Å²) >= 11 is 5.76. The highest BCUT2D eigenvalue weighted by Crippen LogP contribution is 2.16. The summed E-state index contributed by atoms with van der Waals surface area (Å²) in [7, 11) is 0. The van der Waals surface area contributed by atoms with Crippen molar-refractivity contribution in [2.24, 2.45) is 0 Å². The summed E-state index contributed by atoms with van der Waals surface area (Å²) in [5, 5.41) is 6.96. The SMILES string of the molecule is O=C(NCCNC1CCCCCC1)c1cc(Cl)c[nH]1. The topological polar surface area (TPSA) is 56.9 Å². The summed E-state index contributed by atoms with van der Waals surface area (Å²) in [6, 6.07) is 2.26. The summed E-state index contributed by atoms with van der Waals surface area (Å²) < 4.78 is 0. The number of carbonyl (C=O) groups excluding carboxylic acids is 1. The van der Waals surface area contributed by atoms with E-state index in [0.717, 1.165) is 6.54 Å². The van der Waals surface area contributed by atoms with Crippen LogP contribution in [0, 0.1) is 0 Å². The second-order valence-electron chi connectivity index (χ2n) is 5.13. The third kappa shape index (κ3) is 4.88. The first-order valence-corrected chi connectivity index (χ1v) is 7.49. The third-order valence-electron chi connectivity index (χ3n) is 3.59. The number of aromatic amines is 1. The van der Waals surface area contributed by atoms with E-state index < -0.39 is 0 Å². The molecule has 1 aliphatic carbocycles. The zero-order valence-electron chi connectivity index (χ0n) is 11.2. The first-order chi connectivity index (χ1) is 9.25. The normalized spacial score (nSPS) is 17.1. The molecule has 5 heteroatoms. The molecule has 0 spiro atoms. The van der Waals surface area contributed by atoms with E-state index >= 15 is 0 Å². The Balaban J connectivity index is 1.62. The molecule has 1 heterocycles. The van der Waals surface area contributed by atoms with Crippen LogP contribution in [-0.2, 0) is 0 Å². The number of hydrogen-bond donors (Lipinski definition) is 3. The average molecular weight is 284 g/mol. The third-order valence-corrected chi connectivity index (χ3v) is 3.81. The Morgan fingerprint density at radius 3 is 2.63 bits per heavy atom. The quantitative estimate of drug-likeness (QED) is 0.575. The summed E-state index contributed by atoms with van der Waals surface area (Å²) in [4.78, 5) is 14.6. The molecule has 0 aromatic carbocycles. The van der Waals surface area contributed by atoms with E-state index in [1.807, 2.05) is 0 Å². The first kappa shape index (κ1) is 14.4. The molecular weight excluding hydrogens is 262 g/mol. The number of halogens is 1. The predicted molar refractivity (Wildman–Crippen MR) is 77.6 cm³/mol. The Morgan fingerprint density at radius 1 is 1.26 bits per heavy atom. The first-order valence-electron chi connectivity index (χ1n) is 7.11. The molecule has 1 fully saturated rings. The van der Waals surface area contributed by atoms with Crippen molar-refractivity contribution in [1.82, 2.24) is 15.6 Å². The van der Waals surface area contributed by atoms with Gasteiger partial charge in [0, 0.05) is 25.3 Å². The van der Waals surface area contributed by atoms with Crippen LogP contribution in [0.2, 0.25) is 5.02 Å². The maximum Gasteiger partial charge on any atom is 0.267 e. The fourth-order valence-electron chi connectivity index (χ4n) is 2.53. The van der Waals surface area contributed by atoms with Gasteiger partial charge in [-0.25, -0.2) is 0 Å². The number of rotatable bonds is 5. The second-order valence-corrected chi connectivity index (χ2v) is 5.57. The fraction of sp³-hybridized carbons (Fsp3) is 0.643. The predicted octanol–water partition coefficient (Wildman–Crippen LogP) is 2.71. The van der Waals surface area contributed by atoms with Gasteiger partial charge in [0.2, 0.25) is 0 Å². The van der Waals surface area contributed by atoms with Gasteiger partial charge in [-0.05, 0) is 18.9 Å². The largest absolute Gasteiger partial charge is 0.356 e. The van der Waals surface area contributed by atoms with Crippen molar-refractivity contribution in [2.45, 2.75) is 44.6 Å². The van der Waals surface area contributed by atoms with E-state index in [0.29, 0.717) is 23.3 Å². The zero-order chi connectivity index (χ0) is 13.5. The number of carbonyl (C=O) groups is 1. The van der Waals surface area contributed by atoms with E-state index in [9.17, 15) is 4.79 Å². The average Bonchev–Trinajstić information content (AvgIpc) is 2.68. The van der Waals surface area contributed by atoms with Crippen LogP contribution in [0.4, 0.5) is 0 Å². The van der Waals surface area contributed by atoms with Crippen LogP contribution in [0.25, 0.3) is 0 Å². The van der Waals surface area contributed by atoms with Crippen molar-refractivity contribution in [2.75, 3.05) is 13.1 Å². The van der Waals surface area contributed by atoms with Gasteiger partial charge in [0.15, 0.2) is 0 Å². The van der Waals surface area contributed by atoms with Crippen molar-refractivity contribution in [1.29, 1.82) is 0 Å². The molecule has 4 nitrogen and oxygen atoms in total. The van der Waals surface area contributed by atoms with Crippen molar-refractivity contribution in [3.63, 3.8) is 0 Å². The molecular formula is C14H22ClN3O. The lowest BCUT2D eigenvalue weighted by Gasteiger charge is -2.16. The minimum Gasteiger partial charge on any atom is -0.356 e. The van der Waals surface area contributed by atoms with Gasteiger partial charge < -0.3 is 15.6 Å². The molecule has 2 rings (SSSR count). The molecule has 0 atom stereocenters. The fourth-order valence-corrected chi connectivity index (χ4v) is 2.69. The van der Waals surface area contributed by atoms with Gasteiger partial charge in [-0.2, -0.15) is 0 Å². The van der Waals surface area contributed by atoms with E-state index in [-0.39, 0.29) is 5.91 Å². The van der Waals surface area contributed by atoms with Crippen LogP contribution in [0.5, 0.6) is 0 Å². The number of H-pyrrole nitrogens is 1. The van der Waals surface area contributed by atoms with Crippen LogP contribution in [0.1, 0.15) is 49.0 Å². The zero-order valence-corrected chi connectivity index (χ0v) is 11.9. The lowest BCUT2D eigenvalue weighted by atomic mass is 10.1. The van der Waals surface area contributed by atoms with Crippen LogP contribution in [-0.4, -0.2) is 30.0 Å². The van der Waals surface area contributed by atoms with E-state index in [2.05, 4.69) is 15.6 Å². The lowest BCUT2D eigenvalue weighted by molar-refractivity contribution is 0.0949. The molecule has 0 bridgehead atoms. The lowest BCUT2D eigenvalue weighted by Crippen LogP contribution is -2.36. The Bertz CT molecular complexity index is 397. The van der Waals surface area contributed by atoms with Crippen LogP contribution < -0.4 is 10.6 Å². The Kier molecular flexibility index (Phi) is 5.73. The monoisotopic (exact) mass is 283 g/mol. The standard InChI is InChI=1S/C14H22ClN3O/c15-11-9-13(18-10-11)14(19)17-8-7-16-12-5-3-1-2-4-6-12/h9-10,12,16,18H,1-8H2,(H,17,19). The molecule has 0 unspecified atom stereocenters. The number of hydrogen-bond acceptors (Lipinski definition) is 2. The molecule has 1 aromatic rings. The van der Waals surface area contributed by atoms with Gasteiger partial charge in [0.25, 0.3) is 5.91 Å². The molecule has 106 valence electrons. The number of amides is 1. The second kappa shape index (κ2) is 7.56. The maximum absolute atomic E-state index is 11.7. The van der Waals surface area contributed by atoms with E-state index in [1.54, 1.807) is 12.3 Å².